The number of urea groups is 2. The first kappa shape index (κ1) is 22.8. The lowest BCUT2D eigenvalue weighted by atomic mass is 10.2. The second kappa shape index (κ2) is 10.0. The molecule has 0 aliphatic carbocycles. The monoisotopic (exact) mass is 449 g/mol. The fraction of sp³-hybridized carbons (Fsp3) is 0.400. The first-order chi connectivity index (χ1) is 16.0. The fourth-order valence-corrected chi connectivity index (χ4v) is 4.51. The third-order valence-corrected chi connectivity index (χ3v) is 6.22. The maximum atomic E-state index is 13.1. The summed E-state index contributed by atoms with van der Waals surface area (Å²) in [6.45, 7) is 7.19. The van der Waals surface area contributed by atoms with E-state index in [0.717, 1.165) is 31.0 Å². The molecule has 2 fully saturated rings. The molecular formula is C25H31N5O3. The van der Waals surface area contributed by atoms with Crippen LogP contribution < -0.4 is 15.5 Å². The van der Waals surface area contributed by atoms with Crippen LogP contribution in [0.2, 0.25) is 0 Å². The van der Waals surface area contributed by atoms with E-state index in [4.69, 9.17) is 0 Å². The molecule has 2 aromatic carbocycles. The first-order valence-electron chi connectivity index (χ1n) is 11.5. The Morgan fingerprint density at radius 3 is 2.61 bits per heavy atom. The van der Waals surface area contributed by atoms with Crippen LogP contribution in [0.4, 0.5) is 21.0 Å². The Morgan fingerprint density at radius 2 is 1.88 bits per heavy atom. The first-order valence-corrected chi connectivity index (χ1v) is 11.5. The van der Waals surface area contributed by atoms with E-state index in [1.807, 2.05) is 30.0 Å². The highest BCUT2D eigenvalue weighted by Gasteiger charge is 2.38. The van der Waals surface area contributed by atoms with Gasteiger partial charge in [-0.15, -0.1) is 0 Å². The molecule has 2 heterocycles. The molecule has 174 valence electrons. The molecule has 2 N–H and O–H groups in total. The van der Waals surface area contributed by atoms with Gasteiger partial charge in [0.1, 0.15) is 6.04 Å². The van der Waals surface area contributed by atoms with Gasteiger partial charge < -0.3 is 15.5 Å². The molecule has 2 aliphatic heterocycles. The highest BCUT2D eigenvalue weighted by Crippen LogP contribution is 2.24. The van der Waals surface area contributed by atoms with E-state index in [9.17, 15) is 14.4 Å². The molecule has 0 bridgehead atoms. The van der Waals surface area contributed by atoms with Crippen LogP contribution in [0.25, 0.3) is 0 Å². The third kappa shape index (κ3) is 5.17. The van der Waals surface area contributed by atoms with Crippen LogP contribution >= 0.6 is 0 Å². The van der Waals surface area contributed by atoms with E-state index < -0.39 is 12.1 Å². The summed E-state index contributed by atoms with van der Waals surface area (Å²) in [6.07, 6.45) is 1.43. The molecule has 8 nitrogen and oxygen atoms in total. The minimum absolute atomic E-state index is 0.0515. The van der Waals surface area contributed by atoms with Gasteiger partial charge in [0.05, 0.1) is 5.69 Å². The number of nitrogens with zero attached hydrogens (tertiary/aromatic N) is 3. The van der Waals surface area contributed by atoms with Crippen molar-refractivity contribution in [3.63, 3.8) is 0 Å². The summed E-state index contributed by atoms with van der Waals surface area (Å²) in [7, 11) is 0. The molecule has 0 saturated carbocycles. The maximum absolute atomic E-state index is 13.1. The predicted molar refractivity (Wildman–Crippen MR) is 128 cm³/mol. The van der Waals surface area contributed by atoms with Crippen molar-refractivity contribution in [1.29, 1.82) is 0 Å². The minimum Gasteiger partial charge on any atom is -0.325 e. The molecule has 0 radical (unpaired) electrons. The van der Waals surface area contributed by atoms with Gasteiger partial charge in [0.15, 0.2) is 0 Å². The minimum atomic E-state index is -0.507. The number of carbonyl (C=O) groups is 3. The lowest BCUT2D eigenvalue weighted by Crippen LogP contribution is -2.44. The largest absolute Gasteiger partial charge is 0.329 e. The highest BCUT2D eigenvalue weighted by molar-refractivity contribution is 6.21. The van der Waals surface area contributed by atoms with E-state index in [2.05, 4.69) is 34.6 Å². The quantitative estimate of drug-likeness (QED) is 0.683. The summed E-state index contributed by atoms with van der Waals surface area (Å²) < 4.78 is 0. The number of rotatable bonds is 5. The summed E-state index contributed by atoms with van der Waals surface area (Å²) in [6, 6.07) is 16.2. The smallest absolute Gasteiger partial charge is 0.325 e. The number of benzene rings is 2. The Hall–Kier alpha value is -3.39. The molecule has 2 aliphatic rings. The van der Waals surface area contributed by atoms with Crippen molar-refractivity contribution in [3.05, 3.63) is 60.2 Å². The van der Waals surface area contributed by atoms with Gasteiger partial charge in [0.25, 0.3) is 5.91 Å². The van der Waals surface area contributed by atoms with Gasteiger partial charge in [-0.1, -0.05) is 43.3 Å². The van der Waals surface area contributed by atoms with Crippen molar-refractivity contribution < 1.29 is 14.4 Å². The van der Waals surface area contributed by atoms with E-state index in [1.54, 1.807) is 24.3 Å². The number of carbonyl (C=O) groups excluding carboxylic acids is 3. The molecule has 0 aromatic heterocycles. The summed E-state index contributed by atoms with van der Waals surface area (Å²) in [5.41, 5.74) is 2.27. The summed E-state index contributed by atoms with van der Waals surface area (Å²) in [5.74, 6) is -0.273. The van der Waals surface area contributed by atoms with Crippen molar-refractivity contribution in [2.45, 2.75) is 45.3 Å². The Labute approximate surface area is 194 Å². The second-order valence-corrected chi connectivity index (χ2v) is 8.68. The molecule has 0 spiro atoms. The van der Waals surface area contributed by atoms with Crippen molar-refractivity contribution >= 4 is 29.3 Å². The van der Waals surface area contributed by atoms with Gasteiger partial charge in [0, 0.05) is 37.9 Å². The lowest BCUT2D eigenvalue weighted by Gasteiger charge is -2.29. The molecule has 4 rings (SSSR count). The van der Waals surface area contributed by atoms with E-state index in [1.165, 1.54) is 5.56 Å². The average molecular weight is 450 g/mol. The van der Waals surface area contributed by atoms with E-state index in [-0.39, 0.29) is 18.0 Å². The topological polar surface area (TPSA) is 85.0 Å². The van der Waals surface area contributed by atoms with Crippen LogP contribution in [0, 0.1) is 0 Å². The summed E-state index contributed by atoms with van der Waals surface area (Å²) in [4.78, 5) is 43.3. The SMILES string of the molecule is CC[C@H]1NC(=O)N(c2cccc(NC(=O)N3CCCN(Cc4ccccc4)C[C@@H]3C)c2)C1=O. The van der Waals surface area contributed by atoms with Crippen LogP contribution in [-0.2, 0) is 11.3 Å². The summed E-state index contributed by atoms with van der Waals surface area (Å²) >= 11 is 0. The summed E-state index contributed by atoms with van der Waals surface area (Å²) in [5, 5.41) is 5.64. The highest BCUT2D eigenvalue weighted by atomic mass is 16.2. The molecule has 2 atom stereocenters. The Balaban J connectivity index is 1.40. The molecule has 5 amide bonds. The Morgan fingerprint density at radius 1 is 1.09 bits per heavy atom. The number of anilines is 2. The lowest BCUT2D eigenvalue weighted by molar-refractivity contribution is -0.118. The molecule has 2 saturated heterocycles. The zero-order valence-corrected chi connectivity index (χ0v) is 19.2. The van der Waals surface area contributed by atoms with Crippen molar-refractivity contribution in [3.8, 4) is 0 Å². The van der Waals surface area contributed by atoms with E-state index in [0.29, 0.717) is 24.3 Å². The molecule has 33 heavy (non-hydrogen) atoms. The van der Waals surface area contributed by atoms with Crippen LogP contribution in [0.5, 0.6) is 0 Å². The zero-order chi connectivity index (χ0) is 23.4. The van der Waals surface area contributed by atoms with E-state index >= 15 is 0 Å². The normalized spacial score (nSPS) is 21.6. The zero-order valence-electron chi connectivity index (χ0n) is 19.2. The van der Waals surface area contributed by atoms with Crippen LogP contribution in [0.15, 0.2) is 54.6 Å². The Bertz CT molecular complexity index is 1010. The van der Waals surface area contributed by atoms with Crippen LogP contribution in [0.1, 0.15) is 32.3 Å². The molecule has 8 heteroatoms. The van der Waals surface area contributed by atoms with Gasteiger partial charge in [-0.3, -0.25) is 9.69 Å². The number of imide groups is 1. The van der Waals surface area contributed by atoms with Gasteiger partial charge in [0.2, 0.25) is 0 Å². The van der Waals surface area contributed by atoms with Gasteiger partial charge in [-0.05, 0) is 43.5 Å². The average Bonchev–Trinajstić information content (AvgIpc) is 2.96. The van der Waals surface area contributed by atoms with Crippen molar-refractivity contribution in [2.75, 3.05) is 29.9 Å². The third-order valence-electron chi connectivity index (χ3n) is 6.22. The fourth-order valence-electron chi connectivity index (χ4n) is 4.51. The standard InChI is InChI=1S/C25H31N5O3/c1-3-22-23(31)30(25(33)27-22)21-12-7-11-20(15-21)26-24(32)29-14-8-13-28(16-18(29)2)17-19-9-5-4-6-10-19/h4-7,9-12,15,18,22H,3,8,13-14,16-17H2,1-2H3,(H,26,32)(H,27,33)/t18-,22+/m0/s1. The van der Waals surface area contributed by atoms with Crippen LogP contribution in [-0.4, -0.2) is 59.5 Å². The van der Waals surface area contributed by atoms with Gasteiger partial charge >= 0.3 is 12.1 Å². The number of hydrogen-bond acceptors (Lipinski definition) is 4. The van der Waals surface area contributed by atoms with Gasteiger partial charge in [-0.25, -0.2) is 14.5 Å². The van der Waals surface area contributed by atoms with Crippen molar-refractivity contribution in [1.82, 2.24) is 15.1 Å². The Kier molecular flexibility index (Phi) is 6.93. The van der Waals surface area contributed by atoms with Crippen molar-refractivity contribution in [2.24, 2.45) is 0 Å². The maximum Gasteiger partial charge on any atom is 0.329 e. The number of hydrogen-bond donors (Lipinski definition) is 2. The number of amides is 5. The van der Waals surface area contributed by atoms with Crippen LogP contribution in [0.3, 0.4) is 0 Å². The molecule has 2 aromatic rings. The predicted octanol–water partition coefficient (Wildman–Crippen LogP) is 3.65. The number of nitrogens with one attached hydrogen (secondary N) is 2. The second-order valence-electron chi connectivity index (χ2n) is 8.68. The molecular weight excluding hydrogens is 418 g/mol. The molecule has 0 unspecified atom stereocenters. The van der Waals surface area contributed by atoms with Gasteiger partial charge in [-0.2, -0.15) is 0 Å².